The number of anilines is 1. The van der Waals surface area contributed by atoms with Gasteiger partial charge < -0.3 is 5.32 Å². The number of pyridine rings is 2. The van der Waals surface area contributed by atoms with E-state index in [4.69, 9.17) is 26.6 Å². The van der Waals surface area contributed by atoms with Gasteiger partial charge in [0, 0.05) is 52.2 Å². The summed E-state index contributed by atoms with van der Waals surface area (Å²) in [5.41, 5.74) is 5.93. The van der Waals surface area contributed by atoms with Gasteiger partial charge in [0.05, 0.1) is 10.8 Å². The van der Waals surface area contributed by atoms with Crippen LogP contribution in [-0.4, -0.2) is 29.9 Å². The van der Waals surface area contributed by atoms with Crippen molar-refractivity contribution in [3.05, 3.63) is 111 Å². The highest BCUT2D eigenvalue weighted by Crippen LogP contribution is 2.41. The maximum atomic E-state index is 6.43. The minimum atomic E-state index is 0.577. The van der Waals surface area contributed by atoms with E-state index in [9.17, 15) is 0 Å². The number of nitrogens with zero attached hydrogens (tertiary/aromatic N) is 6. The van der Waals surface area contributed by atoms with Gasteiger partial charge in [-0.05, 0) is 92.3 Å². The van der Waals surface area contributed by atoms with Crippen LogP contribution in [-0.2, 0) is 32.2 Å². The van der Waals surface area contributed by atoms with Crippen LogP contribution in [0.5, 0.6) is 0 Å². The molecule has 6 heterocycles. The van der Waals surface area contributed by atoms with Crippen LogP contribution >= 0.6 is 34.3 Å². The van der Waals surface area contributed by atoms with Crippen LogP contribution in [0.3, 0.4) is 0 Å². The van der Waals surface area contributed by atoms with Gasteiger partial charge in [0.1, 0.15) is 20.6 Å². The van der Waals surface area contributed by atoms with Crippen LogP contribution in [0.2, 0.25) is 5.15 Å². The van der Waals surface area contributed by atoms with Gasteiger partial charge >= 0.3 is 0 Å². The lowest BCUT2D eigenvalue weighted by Crippen LogP contribution is -2.05. The first-order chi connectivity index (χ1) is 23.2. The number of halogens is 1. The van der Waals surface area contributed by atoms with Crippen molar-refractivity contribution < 1.29 is 0 Å². The summed E-state index contributed by atoms with van der Waals surface area (Å²) < 4.78 is 0. The number of benzene rings is 1. The maximum absolute atomic E-state index is 6.43. The second-order valence-electron chi connectivity index (χ2n) is 11.8. The quantitative estimate of drug-likeness (QED) is 0.182. The first-order valence-electron chi connectivity index (χ1n) is 16.1. The van der Waals surface area contributed by atoms with Crippen molar-refractivity contribution in [2.24, 2.45) is 0 Å². The molecule has 0 saturated heterocycles. The van der Waals surface area contributed by atoms with Crippen molar-refractivity contribution in [3.63, 3.8) is 0 Å². The molecule has 10 heteroatoms. The molecule has 0 fully saturated rings. The van der Waals surface area contributed by atoms with E-state index in [-0.39, 0.29) is 0 Å². The summed E-state index contributed by atoms with van der Waals surface area (Å²) in [5, 5.41) is 6.45. The van der Waals surface area contributed by atoms with Gasteiger partial charge in [0.2, 0.25) is 0 Å². The Labute approximate surface area is 286 Å². The third-order valence-corrected chi connectivity index (χ3v) is 11.4. The van der Waals surface area contributed by atoms with Crippen LogP contribution < -0.4 is 5.32 Å². The molecule has 2 aliphatic carbocycles. The molecule has 6 aromatic heterocycles. The van der Waals surface area contributed by atoms with Crippen molar-refractivity contribution in [2.45, 2.75) is 57.9 Å². The zero-order valence-corrected chi connectivity index (χ0v) is 28.1. The molecule has 0 atom stereocenters. The van der Waals surface area contributed by atoms with Gasteiger partial charge in [-0.15, -0.1) is 22.7 Å². The number of aromatic nitrogens is 6. The predicted molar refractivity (Wildman–Crippen MR) is 193 cm³/mol. The Balaban J connectivity index is 0.000000144. The smallest absolute Gasteiger partial charge is 0.164 e. The van der Waals surface area contributed by atoms with Crippen LogP contribution in [0.25, 0.3) is 43.2 Å². The lowest BCUT2D eigenvalue weighted by Gasteiger charge is -2.13. The third kappa shape index (κ3) is 6.23. The molecule has 1 N–H and O–H groups in total. The van der Waals surface area contributed by atoms with E-state index < -0.39 is 0 Å². The van der Waals surface area contributed by atoms with E-state index in [1.165, 1.54) is 57.5 Å². The molecule has 47 heavy (non-hydrogen) atoms. The van der Waals surface area contributed by atoms with Crippen LogP contribution in [0.15, 0.2) is 79.4 Å². The Morgan fingerprint density at radius 1 is 0.617 bits per heavy atom. The lowest BCUT2D eigenvalue weighted by atomic mass is 9.97. The zero-order chi connectivity index (χ0) is 31.6. The highest BCUT2D eigenvalue weighted by atomic mass is 35.5. The molecule has 2 aliphatic rings. The minimum absolute atomic E-state index is 0.577. The van der Waals surface area contributed by atoms with E-state index in [1.54, 1.807) is 29.9 Å². The summed E-state index contributed by atoms with van der Waals surface area (Å²) in [6, 6.07) is 18.2. The molecule has 0 radical (unpaired) electrons. The van der Waals surface area contributed by atoms with Gasteiger partial charge in [0.25, 0.3) is 0 Å². The third-order valence-electron chi connectivity index (χ3n) is 8.73. The topological polar surface area (TPSA) is 89.4 Å². The lowest BCUT2D eigenvalue weighted by molar-refractivity contribution is 0.700. The predicted octanol–water partition coefficient (Wildman–Crippen LogP) is 9.53. The maximum Gasteiger partial charge on any atom is 0.164 e. The fourth-order valence-corrected chi connectivity index (χ4v) is 9.29. The van der Waals surface area contributed by atoms with Crippen LogP contribution in [0, 0.1) is 0 Å². The van der Waals surface area contributed by atoms with Gasteiger partial charge in [-0.1, -0.05) is 41.9 Å². The summed E-state index contributed by atoms with van der Waals surface area (Å²) in [6.45, 7) is 0.754. The number of aryl methyl sites for hydroxylation is 4. The van der Waals surface area contributed by atoms with E-state index >= 15 is 0 Å². The highest BCUT2D eigenvalue weighted by Gasteiger charge is 2.22. The normalized spacial score (nSPS) is 13.9. The number of fused-ring (bicyclic) bond motifs is 6. The number of thiophene rings is 2. The second-order valence-corrected chi connectivity index (χ2v) is 14.4. The molecule has 7 nitrogen and oxygen atoms in total. The molecule has 234 valence electrons. The molecule has 0 unspecified atom stereocenters. The monoisotopic (exact) mass is 673 g/mol. The Morgan fingerprint density at radius 2 is 1.19 bits per heavy atom. The van der Waals surface area contributed by atoms with Crippen LogP contribution in [0.4, 0.5) is 5.82 Å². The Hall–Kier alpha value is -4.31. The molecule has 0 amide bonds. The number of rotatable bonds is 5. The zero-order valence-electron chi connectivity index (χ0n) is 25.7. The standard InChI is InChI=1S/C22H20N4S.C15H12ClN3S/c1-2-7-15(8-3-1)13-24-21-19-17-10-4-5-11-18(17)27-22(19)26-20(25-21)16-9-6-12-23-14-16;16-13-12-10-5-1-2-6-11(10)20-15(12)19-14(18-13)9-4-3-7-17-8-9/h1-3,6-9,12,14H,4-5,10-11,13H2,(H,24,25,26);3-4,7-8H,1-2,5-6H2. The average Bonchev–Trinajstić information content (AvgIpc) is 3.71. The largest absolute Gasteiger partial charge is 0.365 e. The molecule has 1 aromatic carbocycles. The number of hydrogen-bond donors (Lipinski definition) is 1. The molecule has 0 spiro atoms. The van der Waals surface area contributed by atoms with Gasteiger partial charge in [-0.2, -0.15) is 0 Å². The molecular weight excluding hydrogens is 642 g/mol. The van der Waals surface area contributed by atoms with Gasteiger partial charge in [0.15, 0.2) is 11.6 Å². The number of nitrogens with one attached hydrogen (secondary N) is 1. The van der Waals surface area contributed by atoms with E-state index in [0.717, 1.165) is 70.0 Å². The fraction of sp³-hybridized carbons (Fsp3) is 0.243. The Bertz CT molecular complexity index is 2170. The Kier molecular flexibility index (Phi) is 8.59. The first-order valence-corrected chi connectivity index (χ1v) is 18.1. The Morgan fingerprint density at radius 3 is 1.81 bits per heavy atom. The summed E-state index contributed by atoms with van der Waals surface area (Å²) in [5.74, 6) is 2.35. The molecule has 0 saturated carbocycles. The molecular formula is C37H32ClN7S2. The summed E-state index contributed by atoms with van der Waals surface area (Å²) in [4.78, 5) is 32.3. The fourth-order valence-electron chi connectivity index (χ4n) is 6.43. The molecule has 0 bridgehead atoms. The van der Waals surface area contributed by atoms with Gasteiger partial charge in [-0.25, -0.2) is 19.9 Å². The van der Waals surface area contributed by atoms with Crippen molar-refractivity contribution >= 4 is 60.5 Å². The minimum Gasteiger partial charge on any atom is -0.365 e. The number of hydrogen-bond acceptors (Lipinski definition) is 9. The average molecular weight is 674 g/mol. The van der Waals surface area contributed by atoms with E-state index in [1.807, 2.05) is 47.9 Å². The van der Waals surface area contributed by atoms with E-state index in [2.05, 4.69) is 44.5 Å². The second kappa shape index (κ2) is 13.4. The van der Waals surface area contributed by atoms with E-state index in [0.29, 0.717) is 11.0 Å². The molecule has 9 rings (SSSR count). The summed E-state index contributed by atoms with van der Waals surface area (Å²) in [7, 11) is 0. The molecule has 0 aliphatic heterocycles. The van der Waals surface area contributed by atoms with Crippen molar-refractivity contribution in [1.82, 2.24) is 29.9 Å². The SMILES string of the molecule is Clc1nc(-c2cccnc2)nc2sc3c(c12)CCCC3.c1ccc(CNc2nc(-c3cccnc3)nc3sc4c(c23)CCCC4)cc1. The van der Waals surface area contributed by atoms with Crippen molar-refractivity contribution in [3.8, 4) is 22.8 Å². The summed E-state index contributed by atoms with van der Waals surface area (Å²) >= 11 is 10.0. The first kappa shape index (κ1) is 30.1. The molecule has 7 aromatic rings. The van der Waals surface area contributed by atoms with Gasteiger partial charge in [-0.3, -0.25) is 9.97 Å². The highest BCUT2D eigenvalue weighted by molar-refractivity contribution is 7.19. The summed E-state index contributed by atoms with van der Waals surface area (Å²) in [6.07, 6.45) is 16.7. The van der Waals surface area contributed by atoms with Crippen LogP contribution in [0.1, 0.15) is 52.1 Å². The van der Waals surface area contributed by atoms with Crippen molar-refractivity contribution in [1.29, 1.82) is 0 Å². The van der Waals surface area contributed by atoms with Crippen molar-refractivity contribution in [2.75, 3.05) is 5.32 Å².